The molecule has 0 aromatic heterocycles. The number of hydrogen-bond acceptors (Lipinski definition) is 4. The Morgan fingerprint density at radius 1 is 0.968 bits per heavy atom. The molecule has 0 spiro atoms. The van der Waals surface area contributed by atoms with Gasteiger partial charge in [0.1, 0.15) is 6.10 Å². The number of hydrogen-bond donors (Lipinski definition) is 0. The number of benzene rings is 2. The Morgan fingerprint density at radius 2 is 1.48 bits per heavy atom. The summed E-state index contributed by atoms with van der Waals surface area (Å²) in [4.78, 5) is 12.9. The number of ether oxygens (including phenoxy) is 2. The summed E-state index contributed by atoms with van der Waals surface area (Å²) in [5, 5.41) is 2.38. The van der Waals surface area contributed by atoms with E-state index in [4.69, 9.17) is 13.9 Å². The van der Waals surface area contributed by atoms with E-state index >= 15 is 0 Å². The second-order valence-electron chi connectivity index (χ2n) is 10.5. The van der Waals surface area contributed by atoms with Crippen molar-refractivity contribution in [1.82, 2.24) is 0 Å². The standard InChI is InChI=1S/C26H34O4Si/c1-24(2,3)31(20-13-9-7-10-14-20,21-15-11-8-12-16-21)28-18-19-17-22(27)26(6)23(19)29-25(4,5)30-26/h7-16,19,23H,17-18H2,1-6H3/t19?,23-,26+/m1/s1. The number of carbonyl (C=O) groups excluding carboxylic acids is 1. The Labute approximate surface area is 187 Å². The lowest BCUT2D eigenvalue weighted by Crippen LogP contribution is -2.67. The Kier molecular flexibility index (Phi) is 5.54. The van der Waals surface area contributed by atoms with Crippen LogP contribution in [0, 0.1) is 5.92 Å². The molecule has 1 aliphatic carbocycles. The molecule has 2 aromatic carbocycles. The van der Waals surface area contributed by atoms with E-state index in [0.29, 0.717) is 13.0 Å². The fourth-order valence-electron chi connectivity index (χ4n) is 5.46. The van der Waals surface area contributed by atoms with Gasteiger partial charge in [-0.3, -0.25) is 4.79 Å². The quantitative estimate of drug-likeness (QED) is 0.661. The molecule has 0 amide bonds. The number of rotatable bonds is 5. The summed E-state index contributed by atoms with van der Waals surface area (Å²) >= 11 is 0. The van der Waals surface area contributed by atoms with Crippen LogP contribution in [0.4, 0.5) is 0 Å². The van der Waals surface area contributed by atoms with Gasteiger partial charge in [-0.1, -0.05) is 81.4 Å². The van der Waals surface area contributed by atoms with E-state index in [1.54, 1.807) is 0 Å². The minimum atomic E-state index is -2.65. The molecule has 0 bridgehead atoms. The molecule has 1 saturated heterocycles. The molecule has 4 nitrogen and oxygen atoms in total. The first-order valence-electron chi connectivity index (χ1n) is 11.2. The molecular weight excluding hydrogens is 404 g/mol. The first kappa shape index (κ1) is 22.4. The average molecular weight is 439 g/mol. The lowest BCUT2D eigenvalue weighted by Gasteiger charge is -2.43. The zero-order chi connectivity index (χ0) is 22.5. The van der Waals surface area contributed by atoms with Crippen LogP contribution < -0.4 is 10.4 Å². The van der Waals surface area contributed by atoms with Crippen molar-refractivity contribution < 1.29 is 18.7 Å². The van der Waals surface area contributed by atoms with Gasteiger partial charge in [0.25, 0.3) is 8.32 Å². The van der Waals surface area contributed by atoms with E-state index in [2.05, 4.69) is 69.3 Å². The summed E-state index contributed by atoms with van der Waals surface area (Å²) < 4.78 is 19.3. The Bertz CT molecular complexity index is 895. The zero-order valence-corrected chi connectivity index (χ0v) is 20.5. The summed E-state index contributed by atoms with van der Waals surface area (Å²) in [7, 11) is -2.65. The van der Waals surface area contributed by atoms with Crippen LogP contribution in [0.15, 0.2) is 60.7 Å². The zero-order valence-electron chi connectivity index (χ0n) is 19.5. The Balaban J connectivity index is 1.72. The van der Waals surface area contributed by atoms with E-state index in [9.17, 15) is 4.79 Å². The van der Waals surface area contributed by atoms with E-state index in [-0.39, 0.29) is 22.8 Å². The highest BCUT2D eigenvalue weighted by Gasteiger charge is 2.62. The molecule has 1 saturated carbocycles. The van der Waals surface area contributed by atoms with E-state index in [1.807, 2.05) is 32.9 Å². The largest absolute Gasteiger partial charge is 0.407 e. The topological polar surface area (TPSA) is 44.8 Å². The summed E-state index contributed by atoms with van der Waals surface area (Å²) in [6.07, 6.45) is 0.142. The lowest BCUT2D eigenvalue weighted by atomic mass is 9.99. The van der Waals surface area contributed by atoms with Crippen LogP contribution >= 0.6 is 0 Å². The van der Waals surface area contributed by atoms with Crippen molar-refractivity contribution in [2.75, 3.05) is 6.61 Å². The van der Waals surface area contributed by atoms with Gasteiger partial charge in [0.05, 0.1) is 0 Å². The maximum atomic E-state index is 12.9. The van der Waals surface area contributed by atoms with E-state index < -0.39 is 19.7 Å². The summed E-state index contributed by atoms with van der Waals surface area (Å²) in [6, 6.07) is 21.2. The second-order valence-corrected chi connectivity index (χ2v) is 14.8. The van der Waals surface area contributed by atoms with Crippen LogP contribution in [-0.2, 0) is 18.7 Å². The fourth-order valence-corrected chi connectivity index (χ4v) is 10.1. The van der Waals surface area contributed by atoms with Gasteiger partial charge in [-0.15, -0.1) is 0 Å². The Morgan fingerprint density at radius 3 is 1.97 bits per heavy atom. The van der Waals surface area contributed by atoms with Gasteiger partial charge in [-0.25, -0.2) is 0 Å². The smallest absolute Gasteiger partial charge is 0.261 e. The minimum absolute atomic E-state index is 0.0269. The van der Waals surface area contributed by atoms with E-state index in [0.717, 1.165) is 0 Å². The Hall–Kier alpha value is -1.79. The highest BCUT2D eigenvalue weighted by molar-refractivity contribution is 6.99. The highest BCUT2D eigenvalue weighted by atomic mass is 28.4. The molecule has 5 heteroatoms. The van der Waals surface area contributed by atoms with Crippen LogP contribution in [0.25, 0.3) is 0 Å². The van der Waals surface area contributed by atoms with Crippen molar-refractivity contribution in [3.8, 4) is 0 Å². The number of carbonyl (C=O) groups is 1. The minimum Gasteiger partial charge on any atom is -0.407 e. The van der Waals surface area contributed by atoms with Crippen LogP contribution in [0.3, 0.4) is 0 Å². The molecule has 1 aliphatic heterocycles. The third kappa shape index (κ3) is 3.72. The predicted molar refractivity (Wildman–Crippen MR) is 125 cm³/mol. The van der Waals surface area contributed by atoms with Crippen LogP contribution in [0.5, 0.6) is 0 Å². The first-order chi connectivity index (χ1) is 14.5. The molecule has 3 atom stereocenters. The van der Waals surface area contributed by atoms with Crippen molar-refractivity contribution in [3.63, 3.8) is 0 Å². The van der Waals surface area contributed by atoms with Crippen LogP contribution in [0.2, 0.25) is 5.04 Å². The lowest BCUT2D eigenvalue weighted by molar-refractivity contribution is -0.175. The monoisotopic (exact) mass is 438 g/mol. The van der Waals surface area contributed by atoms with Crippen LogP contribution in [-0.4, -0.2) is 38.2 Å². The number of fused-ring (bicyclic) bond motifs is 1. The highest BCUT2D eigenvalue weighted by Crippen LogP contribution is 2.47. The molecule has 0 N–H and O–H groups in total. The van der Waals surface area contributed by atoms with Gasteiger partial charge in [0, 0.05) is 18.9 Å². The first-order valence-corrected chi connectivity index (χ1v) is 13.1. The molecule has 1 heterocycles. The van der Waals surface area contributed by atoms with Crippen molar-refractivity contribution in [2.24, 2.45) is 5.92 Å². The molecule has 0 radical (unpaired) electrons. The van der Waals surface area contributed by atoms with Crippen molar-refractivity contribution in [2.45, 2.75) is 70.5 Å². The van der Waals surface area contributed by atoms with Gasteiger partial charge in [0.2, 0.25) is 0 Å². The molecular formula is C26H34O4Si. The van der Waals surface area contributed by atoms with Gasteiger partial charge in [0.15, 0.2) is 17.2 Å². The van der Waals surface area contributed by atoms with Crippen molar-refractivity contribution >= 4 is 24.5 Å². The van der Waals surface area contributed by atoms with Gasteiger partial charge in [-0.2, -0.15) is 0 Å². The maximum Gasteiger partial charge on any atom is 0.261 e. The molecule has 2 aliphatic rings. The number of ketones is 1. The average Bonchev–Trinajstić information content (AvgIpc) is 3.09. The second kappa shape index (κ2) is 7.66. The number of Topliss-reactive ketones (excluding diaryl/α,β-unsaturated/α-hetero) is 1. The fraction of sp³-hybridized carbons (Fsp3) is 0.500. The molecule has 4 rings (SSSR count). The molecule has 1 unspecified atom stereocenters. The molecule has 166 valence electrons. The summed E-state index contributed by atoms with van der Waals surface area (Å²) in [5.74, 6) is -0.675. The van der Waals surface area contributed by atoms with Crippen LogP contribution in [0.1, 0.15) is 48.0 Å². The van der Waals surface area contributed by atoms with Gasteiger partial charge in [-0.05, 0) is 36.2 Å². The third-order valence-corrected chi connectivity index (χ3v) is 11.8. The molecule has 2 aromatic rings. The SMILES string of the molecule is CC1(C)O[C@@H]2C(CO[Si](c3ccccc3)(c3ccccc3)C(C)(C)C)CC(=O)[C@]2(C)O1. The normalized spacial score (nSPS) is 28.0. The van der Waals surface area contributed by atoms with Crippen molar-refractivity contribution in [3.05, 3.63) is 60.7 Å². The molecule has 31 heavy (non-hydrogen) atoms. The van der Waals surface area contributed by atoms with Gasteiger partial charge < -0.3 is 13.9 Å². The van der Waals surface area contributed by atoms with E-state index in [1.165, 1.54) is 10.4 Å². The third-order valence-electron chi connectivity index (χ3n) is 6.77. The predicted octanol–water partition coefficient (Wildman–Crippen LogP) is 4.06. The molecule has 2 fully saturated rings. The summed E-state index contributed by atoms with van der Waals surface area (Å²) in [6.45, 7) is 12.9. The maximum absolute atomic E-state index is 12.9. The van der Waals surface area contributed by atoms with Gasteiger partial charge >= 0.3 is 0 Å². The summed E-state index contributed by atoms with van der Waals surface area (Å²) in [5.41, 5.74) is -0.886. The van der Waals surface area contributed by atoms with Crippen molar-refractivity contribution in [1.29, 1.82) is 0 Å².